The number of halogens is 2. The Morgan fingerprint density at radius 2 is 2.00 bits per heavy atom. The summed E-state index contributed by atoms with van der Waals surface area (Å²) in [5.41, 5.74) is 1.59. The molecule has 0 bridgehead atoms. The smallest absolute Gasteiger partial charge is 0.181 e. The molecule has 102 valence electrons. The highest BCUT2D eigenvalue weighted by Crippen LogP contribution is 2.32. The van der Waals surface area contributed by atoms with Crippen LogP contribution in [0.5, 0.6) is 0 Å². The monoisotopic (exact) mass is 298 g/mol. The van der Waals surface area contributed by atoms with Gasteiger partial charge in [0.05, 0.1) is 5.02 Å². The Morgan fingerprint density at radius 3 is 2.68 bits per heavy atom. The van der Waals surface area contributed by atoms with Crippen LogP contribution in [0, 0.1) is 0 Å². The number of nitrogens with zero attached hydrogens (tertiary/aromatic N) is 1. The minimum absolute atomic E-state index is 0.00828. The Balaban J connectivity index is 2.31. The van der Waals surface area contributed by atoms with E-state index in [1.165, 1.54) is 6.39 Å². The van der Waals surface area contributed by atoms with Gasteiger partial charge in [0.15, 0.2) is 12.2 Å². The molecule has 19 heavy (non-hydrogen) atoms. The van der Waals surface area contributed by atoms with E-state index in [0.717, 1.165) is 11.3 Å². The van der Waals surface area contributed by atoms with Crippen molar-refractivity contribution < 1.29 is 4.42 Å². The Morgan fingerprint density at radius 1 is 1.26 bits per heavy atom. The lowest BCUT2D eigenvalue weighted by atomic mass is 10.1. The van der Waals surface area contributed by atoms with Gasteiger partial charge in [-0.05, 0) is 39.0 Å². The van der Waals surface area contributed by atoms with Gasteiger partial charge in [0.25, 0.3) is 0 Å². The van der Waals surface area contributed by atoms with Crippen molar-refractivity contribution in [3.05, 3.63) is 40.3 Å². The maximum atomic E-state index is 6.18. The lowest BCUT2D eigenvalue weighted by Gasteiger charge is -2.19. The van der Waals surface area contributed by atoms with Crippen LogP contribution in [-0.2, 0) is 6.54 Å². The molecule has 0 radical (unpaired) electrons. The fraction of sp³-hybridized carbons (Fsp3) is 0.357. The highest BCUT2D eigenvalue weighted by atomic mass is 35.5. The summed E-state index contributed by atoms with van der Waals surface area (Å²) in [5, 5.41) is 4.58. The Bertz CT molecular complexity index is 573. The van der Waals surface area contributed by atoms with Crippen LogP contribution in [0.1, 0.15) is 26.5 Å². The number of hydrogen-bond donors (Lipinski definition) is 1. The predicted molar refractivity (Wildman–Crippen MR) is 78.6 cm³/mol. The van der Waals surface area contributed by atoms with E-state index in [1.54, 1.807) is 18.2 Å². The van der Waals surface area contributed by atoms with Crippen LogP contribution in [0.2, 0.25) is 10.0 Å². The SMILES string of the molecule is CC(C)(C)NCc1ncoc1-c1cc(Cl)ccc1Cl. The third kappa shape index (κ3) is 3.72. The molecule has 0 unspecified atom stereocenters. The number of hydrogen-bond acceptors (Lipinski definition) is 3. The second-order valence-corrected chi connectivity index (χ2v) is 6.20. The summed E-state index contributed by atoms with van der Waals surface area (Å²) in [7, 11) is 0. The molecule has 0 aliphatic carbocycles. The quantitative estimate of drug-likeness (QED) is 0.904. The lowest BCUT2D eigenvalue weighted by molar-refractivity contribution is 0.421. The van der Waals surface area contributed by atoms with Crippen molar-refractivity contribution in [1.29, 1.82) is 0 Å². The van der Waals surface area contributed by atoms with Gasteiger partial charge in [-0.25, -0.2) is 4.98 Å². The van der Waals surface area contributed by atoms with Crippen molar-refractivity contribution in [2.24, 2.45) is 0 Å². The molecule has 2 aromatic rings. The van der Waals surface area contributed by atoms with Crippen LogP contribution in [0.15, 0.2) is 29.0 Å². The first-order valence-corrected chi connectivity index (χ1v) is 6.75. The molecule has 1 aromatic carbocycles. The molecule has 3 nitrogen and oxygen atoms in total. The van der Waals surface area contributed by atoms with Gasteiger partial charge >= 0.3 is 0 Å². The molecular weight excluding hydrogens is 283 g/mol. The third-order valence-corrected chi connectivity index (χ3v) is 3.17. The van der Waals surface area contributed by atoms with Crippen molar-refractivity contribution >= 4 is 23.2 Å². The second kappa shape index (κ2) is 5.53. The highest BCUT2D eigenvalue weighted by Gasteiger charge is 2.16. The average Bonchev–Trinajstić information content (AvgIpc) is 2.77. The summed E-state index contributed by atoms with van der Waals surface area (Å²) < 4.78 is 5.46. The summed E-state index contributed by atoms with van der Waals surface area (Å²) in [6.45, 7) is 6.90. The van der Waals surface area contributed by atoms with Crippen LogP contribution in [0.4, 0.5) is 0 Å². The van der Waals surface area contributed by atoms with E-state index in [9.17, 15) is 0 Å². The molecular formula is C14H16Cl2N2O. The van der Waals surface area contributed by atoms with Gasteiger partial charge in [-0.2, -0.15) is 0 Å². The lowest BCUT2D eigenvalue weighted by Crippen LogP contribution is -2.35. The first kappa shape index (κ1) is 14.4. The molecule has 0 spiro atoms. The molecule has 1 heterocycles. The van der Waals surface area contributed by atoms with E-state index in [4.69, 9.17) is 27.6 Å². The zero-order valence-electron chi connectivity index (χ0n) is 11.1. The largest absolute Gasteiger partial charge is 0.443 e. The first-order chi connectivity index (χ1) is 8.87. The van der Waals surface area contributed by atoms with E-state index in [-0.39, 0.29) is 5.54 Å². The summed E-state index contributed by atoms with van der Waals surface area (Å²) in [4.78, 5) is 4.24. The van der Waals surface area contributed by atoms with Gasteiger partial charge < -0.3 is 9.73 Å². The number of aromatic nitrogens is 1. The van der Waals surface area contributed by atoms with E-state index in [1.807, 2.05) is 0 Å². The van der Waals surface area contributed by atoms with Gasteiger partial charge in [0.2, 0.25) is 0 Å². The maximum Gasteiger partial charge on any atom is 0.181 e. The molecule has 0 atom stereocenters. The topological polar surface area (TPSA) is 38.1 Å². The highest BCUT2D eigenvalue weighted by molar-refractivity contribution is 6.35. The van der Waals surface area contributed by atoms with E-state index in [0.29, 0.717) is 22.4 Å². The van der Waals surface area contributed by atoms with Gasteiger partial charge in [-0.3, -0.25) is 0 Å². The van der Waals surface area contributed by atoms with Gasteiger partial charge in [-0.1, -0.05) is 23.2 Å². The van der Waals surface area contributed by atoms with Crippen molar-refractivity contribution in [3.8, 4) is 11.3 Å². The molecule has 0 saturated heterocycles. The maximum absolute atomic E-state index is 6.18. The summed E-state index contributed by atoms with van der Waals surface area (Å²) >= 11 is 12.2. The van der Waals surface area contributed by atoms with E-state index < -0.39 is 0 Å². The van der Waals surface area contributed by atoms with Crippen molar-refractivity contribution in [2.45, 2.75) is 32.9 Å². The van der Waals surface area contributed by atoms with Crippen molar-refractivity contribution in [2.75, 3.05) is 0 Å². The van der Waals surface area contributed by atoms with Gasteiger partial charge in [-0.15, -0.1) is 0 Å². The van der Waals surface area contributed by atoms with Crippen LogP contribution >= 0.6 is 23.2 Å². The van der Waals surface area contributed by atoms with Crippen LogP contribution in [0.3, 0.4) is 0 Å². The fourth-order valence-electron chi connectivity index (χ4n) is 1.63. The molecule has 0 aliphatic heterocycles. The van der Waals surface area contributed by atoms with Crippen LogP contribution in [-0.4, -0.2) is 10.5 Å². The number of oxazole rings is 1. The third-order valence-electron chi connectivity index (χ3n) is 2.60. The minimum atomic E-state index is 0.00828. The Kier molecular flexibility index (Phi) is 4.19. The fourth-order valence-corrected chi connectivity index (χ4v) is 2.01. The normalized spacial score (nSPS) is 11.8. The second-order valence-electron chi connectivity index (χ2n) is 5.36. The summed E-state index contributed by atoms with van der Waals surface area (Å²) in [6, 6.07) is 5.28. The minimum Gasteiger partial charge on any atom is -0.443 e. The zero-order valence-corrected chi connectivity index (χ0v) is 12.6. The standard InChI is InChI=1S/C14H16Cl2N2O/c1-14(2,3)18-7-12-13(19-8-17-12)10-6-9(15)4-5-11(10)16/h4-6,8,18H,7H2,1-3H3. The molecule has 0 fully saturated rings. The predicted octanol–water partition coefficient (Wildman–Crippen LogP) is 4.54. The molecule has 2 rings (SSSR count). The van der Waals surface area contributed by atoms with E-state index in [2.05, 4.69) is 31.1 Å². The van der Waals surface area contributed by atoms with Crippen LogP contribution < -0.4 is 5.32 Å². The van der Waals surface area contributed by atoms with E-state index >= 15 is 0 Å². The van der Waals surface area contributed by atoms with Crippen molar-refractivity contribution in [1.82, 2.24) is 10.3 Å². The number of benzene rings is 1. The molecule has 0 amide bonds. The van der Waals surface area contributed by atoms with Gasteiger partial charge in [0.1, 0.15) is 5.69 Å². The number of rotatable bonds is 3. The first-order valence-electron chi connectivity index (χ1n) is 5.99. The molecule has 1 aromatic heterocycles. The Labute approximate surface area is 122 Å². The van der Waals surface area contributed by atoms with Gasteiger partial charge in [0, 0.05) is 22.7 Å². The number of nitrogens with one attached hydrogen (secondary N) is 1. The summed E-state index contributed by atoms with van der Waals surface area (Å²) in [5.74, 6) is 0.657. The molecule has 0 saturated carbocycles. The van der Waals surface area contributed by atoms with Crippen LogP contribution in [0.25, 0.3) is 11.3 Å². The van der Waals surface area contributed by atoms with Crippen molar-refractivity contribution in [3.63, 3.8) is 0 Å². The average molecular weight is 299 g/mol. The molecule has 0 aliphatic rings. The molecule has 5 heteroatoms. The summed E-state index contributed by atoms with van der Waals surface area (Å²) in [6.07, 6.45) is 1.42. The zero-order chi connectivity index (χ0) is 14.0. The Hall–Kier alpha value is -1.03. The molecule has 1 N–H and O–H groups in total.